The molecule has 5 nitrogen and oxygen atoms in total. The molecular formula is C13H22N4OS. The Labute approximate surface area is 118 Å². The van der Waals surface area contributed by atoms with Gasteiger partial charge < -0.3 is 10.1 Å². The molecule has 1 aromatic heterocycles. The minimum atomic E-state index is 0.124. The molecule has 1 aliphatic rings. The lowest BCUT2D eigenvalue weighted by atomic mass is 9.97. The third-order valence-corrected chi connectivity index (χ3v) is 4.69. The number of nitrogens with one attached hydrogen (secondary N) is 1. The molecule has 0 saturated heterocycles. The average molecular weight is 282 g/mol. The van der Waals surface area contributed by atoms with Crippen LogP contribution in [0.15, 0.2) is 17.4 Å². The van der Waals surface area contributed by atoms with Crippen LogP contribution in [-0.2, 0) is 11.3 Å². The van der Waals surface area contributed by atoms with Crippen molar-refractivity contribution >= 4 is 22.6 Å². The molecule has 2 heterocycles. The van der Waals surface area contributed by atoms with Gasteiger partial charge in [0.05, 0.1) is 30.6 Å². The van der Waals surface area contributed by atoms with Crippen LogP contribution in [0.2, 0.25) is 0 Å². The van der Waals surface area contributed by atoms with E-state index in [0.29, 0.717) is 6.61 Å². The first kappa shape index (κ1) is 14.4. The molecule has 0 saturated carbocycles. The number of hydrogen-bond donors (Lipinski definition) is 1. The number of hydrogen-bond acceptors (Lipinski definition) is 5. The predicted molar refractivity (Wildman–Crippen MR) is 80.9 cm³/mol. The molecule has 0 unspecified atom stereocenters. The zero-order valence-corrected chi connectivity index (χ0v) is 12.7. The van der Waals surface area contributed by atoms with E-state index in [0.717, 1.165) is 36.0 Å². The summed E-state index contributed by atoms with van der Waals surface area (Å²) in [6.07, 6.45) is 6.00. The van der Waals surface area contributed by atoms with E-state index in [-0.39, 0.29) is 5.54 Å². The molecule has 2 rings (SSSR count). The Bertz CT molecular complexity index is 440. The van der Waals surface area contributed by atoms with Crippen LogP contribution in [0.4, 0.5) is 5.69 Å². The predicted octanol–water partition coefficient (Wildman–Crippen LogP) is 2.60. The number of anilines is 1. The van der Waals surface area contributed by atoms with Gasteiger partial charge in [-0.05, 0) is 12.8 Å². The van der Waals surface area contributed by atoms with Gasteiger partial charge in [-0.15, -0.1) is 0 Å². The van der Waals surface area contributed by atoms with E-state index in [1.807, 2.05) is 17.1 Å². The second-order valence-electron chi connectivity index (χ2n) is 4.75. The molecule has 0 fully saturated rings. The minimum absolute atomic E-state index is 0.124. The van der Waals surface area contributed by atoms with Crippen molar-refractivity contribution in [2.75, 3.05) is 24.8 Å². The molecular weight excluding hydrogens is 260 g/mol. The maximum Gasteiger partial charge on any atom is 0.161 e. The van der Waals surface area contributed by atoms with Crippen molar-refractivity contribution in [2.45, 2.75) is 38.8 Å². The number of aromatic nitrogens is 2. The van der Waals surface area contributed by atoms with Crippen molar-refractivity contribution in [1.82, 2.24) is 9.78 Å². The summed E-state index contributed by atoms with van der Waals surface area (Å²) in [5.41, 5.74) is 1.12. The standard InChI is InChI=1S/C13H22N4OS/c1-4-13(5-2)10-19-12(16-13)15-11-8-14-17(9-11)6-7-18-3/h8-9H,4-7,10H2,1-3H3,(H,15,16). The van der Waals surface area contributed by atoms with Crippen LogP contribution in [0.1, 0.15) is 26.7 Å². The fourth-order valence-corrected chi connectivity index (χ4v) is 3.34. The SMILES string of the molecule is CCC1(CC)CSC(Nc2cnn(CCOC)c2)=N1. The summed E-state index contributed by atoms with van der Waals surface area (Å²) >= 11 is 1.80. The van der Waals surface area contributed by atoms with E-state index in [1.165, 1.54) is 0 Å². The lowest BCUT2D eigenvalue weighted by Crippen LogP contribution is -2.24. The Balaban J connectivity index is 1.96. The summed E-state index contributed by atoms with van der Waals surface area (Å²) in [5, 5.41) is 8.64. The van der Waals surface area contributed by atoms with Crippen LogP contribution in [0.25, 0.3) is 0 Å². The Morgan fingerprint density at radius 2 is 2.26 bits per heavy atom. The van der Waals surface area contributed by atoms with Crippen LogP contribution in [0, 0.1) is 0 Å². The fourth-order valence-electron chi connectivity index (χ4n) is 2.02. The highest BCUT2D eigenvalue weighted by atomic mass is 32.2. The molecule has 0 bridgehead atoms. The monoisotopic (exact) mass is 282 g/mol. The number of thioether (sulfide) groups is 1. The number of amidine groups is 1. The first-order valence-corrected chi connectivity index (χ1v) is 7.71. The molecule has 0 atom stereocenters. The average Bonchev–Trinajstić information content (AvgIpc) is 3.04. The van der Waals surface area contributed by atoms with Crippen molar-refractivity contribution in [2.24, 2.45) is 4.99 Å². The van der Waals surface area contributed by atoms with Crippen LogP contribution in [-0.4, -0.2) is 40.0 Å². The Morgan fingerprint density at radius 1 is 1.47 bits per heavy atom. The van der Waals surface area contributed by atoms with Gasteiger partial charge in [0, 0.05) is 19.1 Å². The molecule has 1 aliphatic heterocycles. The first-order chi connectivity index (χ1) is 9.21. The van der Waals surface area contributed by atoms with Gasteiger partial charge in [0.2, 0.25) is 0 Å². The third kappa shape index (κ3) is 3.51. The van der Waals surface area contributed by atoms with Gasteiger partial charge in [-0.3, -0.25) is 9.67 Å². The molecule has 6 heteroatoms. The van der Waals surface area contributed by atoms with Gasteiger partial charge in [0.1, 0.15) is 0 Å². The molecule has 0 amide bonds. The van der Waals surface area contributed by atoms with Crippen molar-refractivity contribution in [3.05, 3.63) is 12.4 Å². The van der Waals surface area contributed by atoms with E-state index in [1.54, 1.807) is 18.9 Å². The van der Waals surface area contributed by atoms with Crippen molar-refractivity contribution in [1.29, 1.82) is 0 Å². The fraction of sp³-hybridized carbons (Fsp3) is 0.692. The highest BCUT2D eigenvalue weighted by molar-refractivity contribution is 8.14. The Kier molecular flexibility index (Phi) is 4.87. The zero-order valence-electron chi connectivity index (χ0n) is 11.8. The molecule has 0 radical (unpaired) electrons. The van der Waals surface area contributed by atoms with Crippen molar-refractivity contribution < 1.29 is 4.74 Å². The molecule has 1 aromatic rings. The van der Waals surface area contributed by atoms with Gasteiger partial charge in [0.15, 0.2) is 5.17 Å². The minimum Gasteiger partial charge on any atom is -0.383 e. The molecule has 0 spiro atoms. The summed E-state index contributed by atoms with van der Waals surface area (Å²) in [6.45, 7) is 5.86. The third-order valence-electron chi connectivity index (χ3n) is 3.54. The van der Waals surface area contributed by atoms with Crippen molar-refractivity contribution in [3.8, 4) is 0 Å². The quantitative estimate of drug-likeness (QED) is 0.871. The van der Waals surface area contributed by atoms with Gasteiger partial charge in [-0.1, -0.05) is 25.6 Å². The highest BCUT2D eigenvalue weighted by Gasteiger charge is 2.32. The van der Waals surface area contributed by atoms with E-state index < -0.39 is 0 Å². The summed E-state index contributed by atoms with van der Waals surface area (Å²) in [4.78, 5) is 4.83. The van der Waals surface area contributed by atoms with Gasteiger partial charge in [0.25, 0.3) is 0 Å². The lowest BCUT2D eigenvalue weighted by Gasteiger charge is -2.20. The maximum absolute atomic E-state index is 5.04. The number of rotatable bonds is 6. The molecule has 0 aliphatic carbocycles. The summed E-state index contributed by atoms with van der Waals surface area (Å²) < 4.78 is 6.91. The molecule has 1 N–H and O–H groups in total. The molecule has 19 heavy (non-hydrogen) atoms. The first-order valence-electron chi connectivity index (χ1n) is 6.72. The number of methoxy groups -OCH3 is 1. The van der Waals surface area contributed by atoms with Crippen LogP contribution in [0.5, 0.6) is 0 Å². The van der Waals surface area contributed by atoms with E-state index >= 15 is 0 Å². The Hall–Kier alpha value is -1.01. The van der Waals surface area contributed by atoms with Crippen LogP contribution >= 0.6 is 11.8 Å². The second-order valence-corrected chi connectivity index (χ2v) is 5.71. The molecule has 106 valence electrons. The van der Waals surface area contributed by atoms with Crippen molar-refractivity contribution in [3.63, 3.8) is 0 Å². The summed E-state index contributed by atoms with van der Waals surface area (Å²) in [5.74, 6) is 1.07. The Morgan fingerprint density at radius 3 is 2.89 bits per heavy atom. The zero-order chi connectivity index (χ0) is 13.7. The lowest BCUT2D eigenvalue weighted by molar-refractivity contribution is 0.183. The topological polar surface area (TPSA) is 51.4 Å². The van der Waals surface area contributed by atoms with E-state index in [4.69, 9.17) is 9.73 Å². The normalized spacial score (nSPS) is 17.5. The molecule has 0 aromatic carbocycles. The number of nitrogens with zero attached hydrogens (tertiary/aromatic N) is 3. The number of ether oxygens (including phenoxy) is 1. The smallest absolute Gasteiger partial charge is 0.161 e. The van der Waals surface area contributed by atoms with E-state index in [2.05, 4.69) is 24.3 Å². The van der Waals surface area contributed by atoms with Gasteiger partial charge in [-0.2, -0.15) is 5.10 Å². The van der Waals surface area contributed by atoms with Crippen LogP contribution < -0.4 is 5.32 Å². The summed E-state index contributed by atoms with van der Waals surface area (Å²) in [7, 11) is 1.70. The van der Waals surface area contributed by atoms with E-state index in [9.17, 15) is 0 Å². The van der Waals surface area contributed by atoms with Gasteiger partial charge in [-0.25, -0.2) is 0 Å². The highest BCUT2D eigenvalue weighted by Crippen LogP contribution is 2.33. The van der Waals surface area contributed by atoms with Gasteiger partial charge >= 0.3 is 0 Å². The largest absolute Gasteiger partial charge is 0.383 e. The van der Waals surface area contributed by atoms with Crippen LogP contribution in [0.3, 0.4) is 0 Å². The second kappa shape index (κ2) is 6.43. The maximum atomic E-state index is 5.04. The summed E-state index contributed by atoms with van der Waals surface area (Å²) in [6, 6.07) is 0. The number of aliphatic imine (C=N–C) groups is 1.